The number of rotatable bonds is 47. The third kappa shape index (κ3) is 49.6. The van der Waals surface area contributed by atoms with E-state index in [4.69, 9.17) is 14.2 Å². The standard InChI is InChI=1S/C58H98O6/c1-4-7-10-13-16-19-22-25-27-28-29-30-32-33-36-39-42-45-48-51-57(60)63-54-55(53-62-56(59)50-47-44-41-38-35-24-21-18-15-12-9-6-3)64-58(61)52-49-46-43-40-37-34-31-26-23-20-17-14-11-8-5-2/h8-9,11-12,14,17-18,20-21,23,28-29,35,38,55H,4-7,10,13,15-16,19,22,24-27,30-34,36-37,39-54H2,1-3H3/b11-8-,12-9-,17-14-,21-18-,23-20-,29-28-,38-35-. The number of esters is 3. The van der Waals surface area contributed by atoms with Gasteiger partial charge < -0.3 is 14.2 Å². The van der Waals surface area contributed by atoms with Gasteiger partial charge in [-0.25, -0.2) is 0 Å². The van der Waals surface area contributed by atoms with Gasteiger partial charge in [0, 0.05) is 19.3 Å². The first-order chi connectivity index (χ1) is 31.5. The van der Waals surface area contributed by atoms with Crippen LogP contribution in [-0.2, 0) is 28.6 Å². The summed E-state index contributed by atoms with van der Waals surface area (Å²) in [7, 11) is 0. The molecule has 0 aliphatic carbocycles. The second kappa shape index (κ2) is 52.2. The van der Waals surface area contributed by atoms with Crippen LogP contribution in [0.2, 0.25) is 0 Å². The number of hydrogen-bond acceptors (Lipinski definition) is 6. The maximum absolute atomic E-state index is 12.8. The summed E-state index contributed by atoms with van der Waals surface area (Å²) in [5, 5.41) is 0. The van der Waals surface area contributed by atoms with E-state index in [0.717, 1.165) is 96.3 Å². The summed E-state index contributed by atoms with van der Waals surface area (Å²) < 4.78 is 16.8. The summed E-state index contributed by atoms with van der Waals surface area (Å²) >= 11 is 0. The molecule has 0 saturated heterocycles. The quantitative estimate of drug-likeness (QED) is 0.0199. The van der Waals surface area contributed by atoms with Gasteiger partial charge in [0.15, 0.2) is 6.10 Å². The van der Waals surface area contributed by atoms with Crippen molar-refractivity contribution in [1.29, 1.82) is 0 Å². The van der Waals surface area contributed by atoms with E-state index in [1.54, 1.807) is 0 Å². The summed E-state index contributed by atoms with van der Waals surface area (Å²) in [6, 6.07) is 0. The van der Waals surface area contributed by atoms with Gasteiger partial charge in [0.2, 0.25) is 0 Å². The van der Waals surface area contributed by atoms with Crippen LogP contribution in [0.4, 0.5) is 0 Å². The van der Waals surface area contributed by atoms with Gasteiger partial charge in [-0.1, -0.05) is 215 Å². The Balaban J connectivity index is 4.40. The second-order valence-electron chi connectivity index (χ2n) is 17.4. The minimum atomic E-state index is -0.800. The highest BCUT2D eigenvalue weighted by Gasteiger charge is 2.19. The zero-order valence-corrected chi connectivity index (χ0v) is 41.8. The largest absolute Gasteiger partial charge is 0.462 e. The monoisotopic (exact) mass is 891 g/mol. The maximum Gasteiger partial charge on any atom is 0.306 e. The van der Waals surface area contributed by atoms with Crippen molar-refractivity contribution < 1.29 is 28.6 Å². The predicted octanol–water partition coefficient (Wildman–Crippen LogP) is 17.6. The number of hydrogen-bond donors (Lipinski definition) is 0. The van der Waals surface area contributed by atoms with Crippen LogP contribution in [0.5, 0.6) is 0 Å². The topological polar surface area (TPSA) is 78.9 Å². The molecule has 0 radical (unpaired) electrons. The Bertz CT molecular complexity index is 1250. The van der Waals surface area contributed by atoms with E-state index in [0.29, 0.717) is 19.3 Å². The van der Waals surface area contributed by atoms with Crippen molar-refractivity contribution in [2.24, 2.45) is 0 Å². The molecule has 0 heterocycles. The molecule has 0 rings (SSSR count). The smallest absolute Gasteiger partial charge is 0.306 e. The molecule has 0 bridgehead atoms. The zero-order valence-electron chi connectivity index (χ0n) is 41.8. The lowest BCUT2D eigenvalue weighted by Crippen LogP contribution is -2.30. The minimum Gasteiger partial charge on any atom is -0.462 e. The van der Waals surface area contributed by atoms with Crippen molar-refractivity contribution in [3.63, 3.8) is 0 Å². The van der Waals surface area contributed by atoms with Crippen LogP contribution in [0.15, 0.2) is 85.1 Å². The van der Waals surface area contributed by atoms with Crippen LogP contribution in [0.3, 0.4) is 0 Å². The summed E-state index contributed by atoms with van der Waals surface area (Å²) in [6.07, 6.45) is 67.2. The molecule has 0 aliphatic rings. The lowest BCUT2D eigenvalue weighted by atomic mass is 10.1. The molecule has 0 aliphatic heterocycles. The molecule has 0 N–H and O–H groups in total. The Morgan fingerprint density at radius 1 is 0.344 bits per heavy atom. The lowest BCUT2D eigenvalue weighted by molar-refractivity contribution is -0.167. The van der Waals surface area contributed by atoms with E-state index in [9.17, 15) is 14.4 Å². The maximum atomic E-state index is 12.8. The minimum absolute atomic E-state index is 0.0963. The molecule has 0 fully saturated rings. The fourth-order valence-electron chi connectivity index (χ4n) is 7.22. The number of unbranched alkanes of at least 4 members (excludes halogenated alkanes) is 24. The van der Waals surface area contributed by atoms with E-state index in [1.165, 1.54) is 109 Å². The van der Waals surface area contributed by atoms with E-state index in [1.807, 2.05) is 0 Å². The van der Waals surface area contributed by atoms with Crippen LogP contribution in [0.25, 0.3) is 0 Å². The molecule has 6 nitrogen and oxygen atoms in total. The molecule has 0 aromatic rings. The van der Waals surface area contributed by atoms with E-state index in [2.05, 4.69) is 106 Å². The first-order valence-electron chi connectivity index (χ1n) is 26.6. The van der Waals surface area contributed by atoms with Crippen LogP contribution in [0, 0.1) is 0 Å². The van der Waals surface area contributed by atoms with E-state index < -0.39 is 6.10 Å². The number of carbonyl (C=O) groups excluding carboxylic acids is 3. The van der Waals surface area contributed by atoms with Crippen molar-refractivity contribution in [1.82, 2.24) is 0 Å². The van der Waals surface area contributed by atoms with E-state index in [-0.39, 0.29) is 31.1 Å². The van der Waals surface area contributed by atoms with Gasteiger partial charge in [0.25, 0.3) is 0 Å². The Labute approximate surface area is 395 Å². The normalized spacial score (nSPS) is 12.7. The highest BCUT2D eigenvalue weighted by Crippen LogP contribution is 2.14. The molecule has 0 saturated carbocycles. The summed E-state index contributed by atoms with van der Waals surface area (Å²) in [5.41, 5.74) is 0. The van der Waals surface area contributed by atoms with Gasteiger partial charge in [0.1, 0.15) is 13.2 Å². The molecule has 6 heteroatoms. The third-order valence-corrected chi connectivity index (χ3v) is 11.2. The Hall–Kier alpha value is -3.41. The van der Waals surface area contributed by atoms with E-state index >= 15 is 0 Å². The van der Waals surface area contributed by atoms with Crippen LogP contribution in [-0.4, -0.2) is 37.2 Å². The molecular weight excluding hydrogens is 793 g/mol. The number of carbonyl (C=O) groups is 3. The first kappa shape index (κ1) is 60.6. The van der Waals surface area contributed by atoms with Crippen LogP contribution < -0.4 is 0 Å². The lowest BCUT2D eigenvalue weighted by Gasteiger charge is -2.18. The SMILES string of the molecule is CC\C=C/C=C\C=C/CCCCCCCCCC(=O)OC(COC(=O)CCCC/C=C\C/C=C\C/C=C\CC)COC(=O)CCCCCCCCC/C=C\CCCCCCCCCC. The van der Waals surface area contributed by atoms with Crippen molar-refractivity contribution >= 4 is 17.9 Å². The van der Waals surface area contributed by atoms with Crippen molar-refractivity contribution in [2.45, 2.75) is 252 Å². The number of ether oxygens (including phenoxy) is 3. The summed E-state index contributed by atoms with van der Waals surface area (Å²) in [6.45, 7) is 6.35. The first-order valence-corrected chi connectivity index (χ1v) is 26.6. The molecule has 0 aromatic carbocycles. The fraction of sp³-hybridized carbons (Fsp3) is 0.707. The Morgan fingerprint density at radius 2 is 0.688 bits per heavy atom. The molecule has 64 heavy (non-hydrogen) atoms. The second-order valence-corrected chi connectivity index (χ2v) is 17.4. The summed E-state index contributed by atoms with van der Waals surface area (Å²) in [5.74, 6) is -0.953. The highest BCUT2D eigenvalue weighted by atomic mass is 16.6. The average molecular weight is 891 g/mol. The van der Waals surface area contributed by atoms with Crippen molar-refractivity contribution in [3.8, 4) is 0 Å². The third-order valence-electron chi connectivity index (χ3n) is 11.2. The van der Waals surface area contributed by atoms with Gasteiger partial charge in [-0.3, -0.25) is 14.4 Å². The predicted molar refractivity (Wildman–Crippen MR) is 274 cm³/mol. The van der Waals surface area contributed by atoms with Gasteiger partial charge >= 0.3 is 17.9 Å². The van der Waals surface area contributed by atoms with Gasteiger partial charge in [0.05, 0.1) is 0 Å². The molecule has 1 atom stereocenters. The van der Waals surface area contributed by atoms with Crippen molar-refractivity contribution in [2.75, 3.05) is 13.2 Å². The Kier molecular flexibility index (Phi) is 49.4. The molecule has 366 valence electrons. The number of allylic oxidation sites excluding steroid dienone is 14. The summed E-state index contributed by atoms with van der Waals surface area (Å²) in [4.78, 5) is 38.0. The van der Waals surface area contributed by atoms with Gasteiger partial charge in [-0.05, 0) is 96.3 Å². The van der Waals surface area contributed by atoms with Gasteiger partial charge in [-0.15, -0.1) is 0 Å². The fourth-order valence-corrected chi connectivity index (χ4v) is 7.22. The van der Waals surface area contributed by atoms with Crippen LogP contribution in [0.1, 0.15) is 245 Å². The van der Waals surface area contributed by atoms with Crippen LogP contribution >= 0.6 is 0 Å². The molecular formula is C58H98O6. The zero-order chi connectivity index (χ0) is 46.5. The van der Waals surface area contributed by atoms with Gasteiger partial charge in [-0.2, -0.15) is 0 Å². The molecule has 0 aromatic heterocycles. The molecule has 0 amide bonds. The van der Waals surface area contributed by atoms with Crippen molar-refractivity contribution in [3.05, 3.63) is 85.1 Å². The Morgan fingerprint density at radius 3 is 1.17 bits per heavy atom. The molecule has 1 unspecified atom stereocenters. The average Bonchev–Trinajstić information content (AvgIpc) is 3.29. The molecule has 0 spiro atoms. The highest BCUT2D eigenvalue weighted by molar-refractivity contribution is 5.71.